The molecule has 0 aliphatic heterocycles. The maximum atomic E-state index is 11.0. The number of aromatic carboxylic acids is 1. The first kappa shape index (κ1) is 13.5. The van der Waals surface area contributed by atoms with Gasteiger partial charge in [0.15, 0.2) is 0 Å². The van der Waals surface area contributed by atoms with Crippen LogP contribution in [-0.2, 0) is 6.42 Å². The zero-order chi connectivity index (χ0) is 13.8. The predicted molar refractivity (Wildman–Crippen MR) is 75.1 cm³/mol. The summed E-state index contributed by atoms with van der Waals surface area (Å²) in [6, 6.07) is 7.56. The van der Waals surface area contributed by atoms with E-state index in [1.165, 1.54) is 11.3 Å². The number of hydrogen-bond donors (Lipinski definition) is 1. The van der Waals surface area contributed by atoms with E-state index in [0.29, 0.717) is 6.61 Å². The topological polar surface area (TPSA) is 59.4 Å². The van der Waals surface area contributed by atoms with Gasteiger partial charge in [0.1, 0.15) is 5.75 Å². The van der Waals surface area contributed by atoms with Crippen molar-refractivity contribution in [1.29, 1.82) is 0 Å². The molecule has 4 nitrogen and oxygen atoms in total. The number of carboxylic acids is 1. The lowest BCUT2D eigenvalue weighted by atomic mass is 10.1. The molecule has 2 aromatic rings. The molecule has 0 atom stereocenters. The molecule has 0 aliphatic carbocycles. The van der Waals surface area contributed by atoms with E-state index in [4.69, 9.17) is 9.84 Å². The minimum absolute atomic E-state index is 0.140. The van der Waals surface area contributed by atoms with Gasteiger partial charge in [0.2, 0.25) is 5.01 Å². The number of hydrogen-bond acceptors (Lipinski definition) is 4. The van der Waals surface area contributed by atoms with Crippen LogP contribution in [0.1, 0.15) is 28.5 Å². The first-order valence-electron chi connectivity index (χ1n) is 6.12. The van der Waals surface area contributed by atoms with Gasteiger partial charge in [0.05, 0.1) is 12.3 Å². The third-order valence-electron chi connectivity index (χ3n) is 2.64. The molecule has 0 aliphatic rings. The van der Waals surface area contributed by atoms with E-state index in [9.17, 15) is 4.79 Å². The second-order valence-electron chi connectivity index (χ2n) is 3.91. The number of ether oxygens (including phenoxy) is 1. The Bertz CT molecular complexity index is 575. The van der Waals surface area contributed by atoms with Gasteiger partial charge in [-0.1, -0.05) is 6.92 Å². The van der Waals surface area contributed by atoms with E-state index in [0.717, 1.165) is 28.3 Å². The van der Waals surface area contributed by atoms with E-state index in [1.807, 2.05) is 38.1 Å². The molecule has 19 heavy (non-hydrogen) atoms. The lowest BCUT2D eigenvalue weighted by Crippen LogP contribution is -1.94. The number of carboxylic acid groups (broad SMARTS) is 1. The Morgan fingerprint density at radius 1 is 1.32 bits per heavy atom. The molecule has 5 heteroatoms. The monoisotopic (exact) mass is 277 g/mol. The summed E-state index contributed by atoms with van der Waals surface area (Å²) in [5.74, 6) is -0.171. The summed E-state index contributed by atoms with van der Waals surface area (Å²) in [6.07, 6.45) is 0.771. The Hall–Kier alpha value is -1.88. The van der Waals surface area contributed by atoms with Crippen molar-refractivity contribution in [1.82, 2.24) is 4.98 Å². The highest BCUT2D eigenvalue weighted by molar-refractivity contribution is 7.13. The molecule has 1 aromatic carbocycles. The molecule has 0 amide bonds. The van der Waals surface area contributed by atoms with Gasteiger partial charge in [-0.2, -0.15) is 0 Å². The predicted octanol–water partition coefficient (Wildman–Crippen LogP) is 3.47. The normalized spacial score (nSPS) is 10.4. The van der Waals surface area contributed by atoms with Crippen LogP contribution in [0.15, 0.2) is 24.3 Å². The van der Waals surface area contributed by atoms with Crippen molar-refractivity contribution in [2.75, 3.05) is 6.61 Å². The van der Waals surface area contributed by atoms with Crippen molar-refractivity contribution in [3.63, 3.8) is 0 Å². The van der Waals surface area contributed by atoms with Gasteiger partial charge in [-0.15, -0.1) is 11.3 Å². The molecule has 100 valence electrons. The summed E-state index contributed by atoms with van der Waals surface area (Å²) in [4.78, 5) is 16.2. The van der Waals surface area contributed by atoms with Crippen LogP contribution in [0.2, 0.25) is 0 Å². The van der Waals surface area contributed by atoms with Crippen molar-refractivity contribution in [2.45, 2.75) is 20.3 Å². The number of nitrogens with zero attached hydrogens (tertiary/aromatic N) is 1. The van der Waals surface area contributed by atoms with Crippen LogP contribution in [0, 0.1) is 0 Å². The summed E-state index contributed by atoms with van der Waals surface area (Å²) in [6.45, 7) is 4.55. The molecule has 0 saturated heterocycles. The van der Waals surface area contributed by atoms with Crippen molar-refractivity contribution in [3.05, 3.63) is 34.2 Å². The van der Waals surface area contributed by atoms with Gasteiger partial charge >= 0.3 is 5.97 Å². The first-order chi connectivity index (χ1) is 9.15. The second kappa shape index (κ2) is 5.84. The van der Waals surface area contributed by atoms with E-state index in [2.05, 4.69) is 4.98 Å². The smallest absolute Gasteiger partial charge is 0.365 e. The maximum absolute atomic E-state index is 11.0. The number of rotatable bonds is 5. The molecule has 0 spiro atoms. The Balaban J connectivity index is 2.37. The molecule has 1 heterocycles. The Morgan fingerprint density at radius 3 is 2.53 bits per heavy atom. The van der Waals surface area contributed by atoms with Gasteiger partial charge in [-0.05, 0) is 37.6 Å². The minimum atomic E-state index is -0.975. The summed E-state index contributed by atoms with van der Waals surface area (Å²) in [5, 5.41) is 9.15. The lowest BCUT2D eigenvalue weighted by molar-refractivity contribution is 0.0696. The molecule has 0 saturated carbocycles. The molecule has 0 radical (unpaired) electrons. The fourth-order valence-electron chi connectivity index (χ4n) is 1.78. The highest BCUT2D eigenvalue weighted by Crippen LogP contribution is 2.30. The Morgan fingerprint density at radius 2 is 2.00 bits per heavy atom. The molecule has 1 N–H and O–H groups in total. The molecular weight excluding hydrogens is 262 g/mol. The van der Waals surface area contributed by atoms with E-state index < -0.39 is 5.97 Å². The van der Waals surface area contributed by atoms with Gasteiger partial charge in [-0.25, -0.2) is 9.78 Å². The van der Waals surface area contributed by atoms with Crippen molar-refractivity contribution in [3.8, 4) is 17.0 Å². The van der Waals surface area contributed by atoms with Crippen LogP contribution in [0.3, 0.4) is 0 Å². The summed E-state index contributed by atoms with van der Waals surface area (Å²) in [7, 11) is 0. The van der Waals surface area contributed by atoms with E-state index in [1.54, 1.807) is 0 Å². The Labute approximate surface area is 115 Å². The van der Waals surface area contributed by atoms with Crippen molar-refractivity contribution in [2.24, 2.45) is 0 Å². The fraction of sp³-hybridized carbons (Fsp3) is 0.286. The molecule has 1 aromatic heterocycles. The lowest BCUT2D eigenvalue weighted by Gasteiger charge is -2.04. The number of aromatic nitrogens is 1. The Kier molecular flexibility index (Phi) is 4.16. The highest BCUT2D eigenvalue weighted by Gasteiger charge is 2.16. The second-order valence-corrected chi connectivity index (χ2v) is 4.99. The van der Waals surface area contributed by atoms with Crippen LogP contribution in [-0.4, -0.2) is 22.7 Å². The largest absolute Gasteiger partial charge is 0.494 e. The SMILES string of the molecule is CCOc1ccc(-c2nc(C(=O)O)sc2CC)cc1. The average molecular weight is 277 g/mol. The van der Waals surface area contributed by atoms with Gasteiger partial charge in [0, 0.05) is 10.4 Å². The molecule has 0 fully saturated rings. The number of aryl methyl sites for hydroxylation is 1. The van der Waals surface area contributed by atoms with Gasteiger partial charge in [0.25, 0.3) is 0 Å². The van der Waals surface area contributed by atoms with Gasteiger partial charge < -0.3 is 9.84 Å². The van der Waals surface area contributed by atoms with Crippen LogP contribution >= 0.6 is 11.3 Å². The van der Waals surface area contributed by atoms with Crippen LogP contribution < -0.4 is 4.74 Å². The zero-order valence-electron chi connectivity index (χ0n) is 10.8. The molecule has 2 rings (SSSR count). The third kappa shape index (κ3) is 2.93. The number of thiazole rings is 1. The van der Waals surface area contributed by atoms with Crippen molar-refractivity contribution >= 4 is 17.3 Å². The van der Waals surface area contributed by atoms with Crippen LogP contribution in [0.25, 0.3) is 11.3 Å². The average Bonchev–Trinajstić information content (AvgIpc) is 2.84. The summed E-state index contributed by atoms with van der Waals surface area (Å²) in [5.41, 5.74) is 1.68. The third-order valence-corrected chi connectivity index (χ3v) is 3.83. The fourth-order valence-corrected chi connectivity index (χ4v) is 2.65. The van der Waals surface area contributed by atoms with Crippen LogP contribution in [0.5, 0.6) is 5.75 Å². The zero-order valence-corrected chi connectivity index (χ0v) is 11.7. The molecular formula is C14H15NO3S. The number of carbonyl (C=O) groups is 1. The van der Waals surface area contributed by atoms with Crippen LogP contribution in [0.4, 0.5) is 0 Å². The standard InChI is InChI=1S/C14H15NO3S/c1-3-11-12(15-13(19-11)14(16)17)9-5-7-10(8-6-9)18-4-2/h5-8H,3-4H2,1-2H3,(H,16,17). The molecule has 0 bridgehead atoms. The van der Waals surface area contributed by atoms with E-state index >= 15 is 0 Å². The van der Waals surface area contributed by atoms with Gasteiger partial charge in [-0.3, -0.25) is 0 Å². The minimum Gasteiger partial charge on any atom is -0.494 e. The summed E-state index contributed by atoms with van der Waals surface area (Å²) < 4.78 is 5.38. The highest BCUT2D eigenvalue weighted by atomic mass is 32.1. The first-order valence-corrected chi connectivity index (χ1v) is 6.93. The van der Waals surface area contributed by atoms with E-state index in [-0.39, 0.29) is 5.01 Å². The van der Waals surface area contributed by atoms with Crippen molar-refractivity contribution < 1.29 is 14.6 Å². The quantitative estimate of drug-likeness (QED) is 0.909. The summed E-state index contributed by atoms with van der Waals surface area (Å²) >= 11 is 1.23. The number of benzene rings is 1. The maximum Gasteiger partial charge on any atom is 0.365 e. The molecule has 0 unspecified atom stereocenters.